The number of rotatable bonds is 6. The van der Waals surface area contributed by atoms with Crippen LogP contribution < -0.4 is 0 Å². The topological polar surface area (TPSA) is 66.8 Å². The lowest BCUT2D eigenvalue weighted by atomic mass is 9.69. The van der Waals surface area contributed by atoms with Gasteiger partial charge in [-0.25, -0.2) is 0 Å². The van der Waals surface area contributed by atoms with Crippen LogP contribution in [-0.4, -0.2) is 48.2 Å². The van der Waals surface area contributed by atoms with Crippen LogP contribution in [0.15, 0.2) is 0 Å². The highest BCUT2D eigenvalue weighted by Gasteiger charge is 2.43. The fourth-order valence-corrected chi connectivity index (χ4v) is 2.84. The number of likely N-dealkylation sites (tertiary alicyclic amines) is 1. The van der Waals surface area contributed by atoms with E-state index in [-0.39, 0.29) is 17.7 Å². The van der Waals surface area contributed by atoms with Gasteiger partial charge >= 0.3 is 5.97 Å². The van der Waals surface area contributed by atoms with E-state index in [1.165, 1.54) is 6.42 Å². The number of carboxylic acid groups (broad SMARTS) is 1. The maximum absolute atomic E-state index is 11.8. The van der Waals surface area contributed by atoms with Gasteiger partial charge in [0.1, 0.15) is 0 Å². The first-order chi connectivity index (χ1) is 8.56. The Kier molecular flexibility index (Phi) is 3.90. The fraction of sp³-hybridized carbons (Fsp3) is 0.846. The molecule has 1 saturated heterocycles. The quantitative estimate of drug-likeness (QED) is 0.772. The minimum absolute atomic E-state index is 0.0230. The third kappa shape index (κ3) is 2.66. The maximum atomic E-state index is 11.8. The zero-order chi connectivity index (χ0) is 13.2. The minimum atomic E-state index is -0.863. The van der Waals surface area contributed by atoms with Gasteiger partial charge in [-0.2, -0.15) is 0 Å². The first-order valence-electron chi connectivity index (χ1n) is 6.65. The lowest BCUT2D eigenvalue weighted by Crippen LogP contribution is -2.46. The Labute approximate surface area is 107 Å². The molecule has 0 unspecified atom stereocenters. The van der Waals surface area contributed by atoms with Crippen LogP contribution in [-0.2, 0) is 14.3 Å². The van der Waals surface area contributed by atoms with Crippen molar-refractivity contribution in [3.63, 3.8) is 0 Å². The summed E-state index contributed by atoms with van der Waals surface area (Å²) in [7, 11) is 0. The highest BCUT2D eigenvalue weighted by atomic mass is 16.5. The second-order valence-electron chi connectivity index (χ2n) is 5.50. The molecule has 18 heavy (non-hydrogen) atoms. The lowest BCUT2D eigenvalue weighted by Gasteiger charge is -2.44. The molecule has 1 saturated carbocycles. The second-order valence-corrected chi connectivity index (χ2v) is 5.50. The zero-order valence-electron chi connectivity index (χ0n) is 10.9. The molecule has 102 valence electrons. The van der Waals surface area contributed by atoms with Crippen LogP contribution in [0.5, 0.6) is 0 Å². The number of carbonyl (C=O) groups is 2. The maximum Gasteiger partial charge on any atom is 0.308 e. The molecule has 0 aromatic heterocycles. The average molecular weight is 255 g/mol. The first kappa shape index (κ1) is 13.3. The third-order valence-electron chi connectivity index (χ3n) is 4.12. The summed E-state index contributed by atoms with van der Waals surface area (Å²) in [6.07, 6.45) is 3.49. The lowest BCUT2D eigenvalue weighted by molar-refractivity contribution is -0.141. The van der Waals surface area contributed by atoms with Crippen LogP contribution in [0.2, 0.25) is 0 Å². The molecule has 2 rings (SSSR count). The van der Waals surface area contributed by atoms with Crippen molar-refractivity contribution in [2.24, 2.45) is 11.3 Å². The molecule has 5 heteroatoms. The van der Waals surface area contributed by atoms with E-state index in [2.05, 4.69) is 0 Å². The Morgan fingerprint density at radius 3 is 2.72 bits per heavy atom. The van der Waals surface area contributed by atoms with Crippen molar-refractivity contribution in [3.8, 4) is 0 Å². The molecule has 0 aromatic carbocycles. The van der Waals surface area contributed by atoms with E-state index < -0.39 is 11.9 Å². The average Bonchev–Trinajstić information content (AvgIpc) is 2.64. The molecule has 1 aliphatic heterocycles. The smallest absolute Gasteiger partial charge is 0.308 e. The standard InChI is InChI=1S/C13H21NO4/c1-2-18-9-13(4-3-5-13)8-14-7-10(12(16)17)6-11(14)15/h10H,2-9H2,1H3,(H,16,17)/t10-/m0/s1. The van der Waals surface area contributed by atoms with Gasteiger partial charge in [-0.05, 0) is 19.8 Å². The van der Waals surface area contributed by atoms with Gasteiger partial charge in [-0.3, -0.25) is 9.59 Å². The van der Waals surface area contributed by atoms with Gasteiger partial charge in [-0.15, -0.1) is 0 Å². The normalized spacial score (nSPS) is 26.2. The fourth-order valence-electron chi connectivity index (χ4n) is 2.84. The molecular weight excluding hydrogens is 234 g/mol. The summed E-state index contributed by atoms with van der Waals surface area (Å²) in [6, 6.07) is 0. The molecular formula is C13H21NO4. The largest absolute Gasteiger partial charge is 0.481 e. The first-order valence-corrected chi connectivity index (χ1v) is 6.65. The van der Waals surface area contributed by atoms with Crippen LogP contribution in [0.4, 0.5) is 0 Å². The number of ether oxygens (including phenoxy) is 1. The van der Waals surface area contributed by atoms with E-state index in [4.69, 9.17) is 9.84 Å². The Bertz CT molecular complexity index is 338. The van der Waals surface area contributed by atoms with E-state index >= 15 is 0 Å². The van der Waals surface area contributed by atoms with Gasteiger partial charge in [0.05, 0.1) is 12.5 Å². The van der Waals surface area contributed by atoms with Gasteiger partial charge in [-0.1, -0.05) is 6.42 Å². The van der Waals surface area contributed by atoms with Gasteiger partial charge < -0.3 is 14.7 Å². The monoisotopic (exact) mass is 255 g/mol. The Morgan fingerprint density at radius 1 is 1.56 bits per heavy atom. The van der Waals surface area contributed by atoms with Crippen molar-refractivity contribution in [3.05, 3.63) is 0 Å². The summed E-state index contributed by atoms with van der Waals surface area (Å²) in [5.41, 5.74) is 0.0824. The SMILES string of the molecule is CCOCC1(CN2C[C@@H](C(=O)O)CC2=O)CCC1. The van der Waals surface area contributed by atoms with Crippen LogP contribution in [0.1, 0.15) is 32.6 Å². The summed E-state index contributed by atoms with van der Waals surface area (Å²) >= 11 is 0. The van der Waals surface area contributed by atoms with Crippen molar-refractivity contribution in [2.75, 3.05) is 26.3 Å². The van der Waals surface area contributed by atoms with E-state index in [0.29, 0.717) is 26.3 Å². The molecule has 2 fully saturated rings. The van der Waals surface area contributed by atoms with Gasteiger partial charge in [0.2, 0.25) is 5.91 Å². The second kappa shape index (κ2) is 5.26. The summed E-state index contributed by atoms with van der Waals surface area (Å²) in [4.78, 5) is 24.4. The van der Waals surface area contributed by atoms with Crippen molar-refractivity contribution in [1.82, 2.24) is 4.90 Å². The minimum Gasteiger partial charge on any atom is -0.481 e. The van der Waals surface area contributed by atoms with Crippen molar-refractivity contribution < 1.29 is 19.4 Å². The molecule has 1 heterocycles. The molecule has 1 aliphatic carbocycles. The molecule has 5 nitrogen and oxygen atoms in total. The Balaban J connectivity index is 1.92. The van der Waals surface area contributed by atoms with Crippen LogP contribution >= 0.6 is 0 Å². The highest BCUT2D eigenvalue weighted by molar-refractivity contribution is 5.86. The predicted octanol–water partition coefficient (Wildman–Crippen LogP) is 1.13. The molecule has 1 N–H and O–H groups in total. The van der Waals surface area contributed by atoms with Crippen LogP contribution in [0, 0.1) is 11.3 Å². The van der Waals surface area contributed by atoms with Gasteiger partial charge in [0, 0.05) is 31.5 Å². The Morgan fingerprint density at radius 2 is 2.28 bits per heavy atom. The van der Waals surface area contributed by atoms with Crippen LogP contribution in [0.3, 0.4) is 0 Å². The van der Waals surface area contributed by atoms with Crippen molar-refractivity contribution in [2.45, 2.75) is 32.6 Å². The summed E-state index contributed by atoms with van der Waals surface area (Å²) < 4.78 is 5.51. The predicted molar refractivity (Wildman–Crippen MR) is 65.1 cm³/mol. The van der Waals surface area contributed by atoms with E-state index in [0.717, 1.165) is 12.8 Å². The molecule has 2 aliphatic rings. The number of hydrogen-bond acceptors (Lipinski definition) is 3. The van der Waals surface area contributed by atoms with Crippen molar-refractivity contribution in [1.29, 1.82) is 0 Å². The number of carboxylic acids is 1. The van der Waals surface area contributed by atoms with E-state index in [1.54, 1.807) is 4.90 Å². The molecule has 0 radical (unpaired) electrons. The molecule has 0 bridgehead atoms. The number of carbonyl (C=O) groups excluding carboxylic acids is 1. The third-order valence-corrected chi connectivity index (χ3v) is 4.12. The van der Waals surface area contributed by atoms with Crippen LogP contribution in [0.25, 0.3) is 0 Å². The molecule has 0 spiro atoms. The summed E-state index contributed by atoms with van der Waals surface area (Å²) in [5, 5.41) is 8.96. The van der Waals surface area contributed by atoms with Gasteiger partial charge in [0.15, 0.2) is 0 Å². The molecule has 1 amide bonds. The van der Waals surface area contributed by atoms with E-state index in [9.17, 15) is 9.59 Å². The summed E-state index contributed by atoms with van der Waals surface area (Å²) in [6.45, 7) is 4.37. The number of amides is 1. The number of nitrogens with zero attached hydrogens (tertiary/aromatic N) is 1. The Hall–Kier alpha value is -1.10. The highest BCUT2D eigenvalue weighted by Crippen LogP contribution is 2.42. The van der Waals surface area contributed by atoms with Gasteiger partial charge in [0.25, 0.3) is 0 Å². The molecule has 1 atom stereocenters. The van der Waals surface area contributed by atoms with Crippen molar-refractivity contribution >= 4 is 11.9 Å². The number of hydrogen-bond donors (Lipinski definition) is 1. The summed E-state index contributed by atoms with van der Waals surface area (Å²) in [5.74, 6) is -1.41. The zero-order valence-corrected chi connectivity index (χ0v) is 10.9. The van der Waals surface area contributed by atoms with E-state index in [1.807, 2.05) is 6.92 Å². The molecule has 0 aromatic rings. The number of aliphatic carboxylic acids is 1.